The zero-order valence-corrected chi connectivity index (χ0v) is 12.8. The number of nitrogens with zero attached hydrogens (tertiary/aromatic N) is 2. The van der Waals surface area contributed by atoms with Crippen LogP contribution in [0, 0.1) is 5.92 Å². The van der Waals surface area contributed by atoms with E-state index in [2.05, 4.69) is 48.3 Å². The molecule has 0 aliphatic heterocycles. The lowest BCUT2D eigenvalue weighted by atomic mass is 10.0. The summed E-state index contributed by atoms with van der Waals surface area (Å²) in [7, 11) is 0. The van der Waals surface area contributed by atoms with Crippen LogP contribution in [0.2, 0.25) is 0 Å². The highest BCUT2D eigenvalue weighted by atomic mass is 32.2. The number of thioether (sulfide) groups is 1. The van der Waals surface area contributed by atoms with E-state index in [0.29, 0.717) is 12.0 Å². The summed E-state index contributed by atoms with van der Waals surface area (Å²) in [4.78, 5) is 8.93. The summed E-state index contributed by atoms with van der Waals surface area (Å²) in [5.41, 5.74) is 0. The fourth-order valence-corrected chi connectivity index (χ4v) is 2.17. The Morgan fingerprint density at radius 3 is 2.39 bits per heavy atom. The zero-order chi connectivity index (χ0) is 13.5. The first-order chi connectivity index (χ1) is 8.60. The Labute approximate surface area is 114 Å². The van der Waals surface area contributed by atoms with Crippen molar-refractivity contribution in [2.24, 2.45) is 5.92 Å². The second-order valence-electron chi connectivity index (χ2n) is 4.56. The first kappa shape index (κ1) is 15.1. The lowest BCUT2D eigenvalue weighted by Gasteiger charge is -2.21. The largest absolute Gasteiger partial charge is 0.370 e. The van der Waals surface area contributed by atoms with Gasteiger partial charge in [-0.05, 0) is 25.5 Å². The lowest BCUT2D eigenvalue weighted by Crippen LogP contribution is -2.25. The Morgan fingerprint density at radius 2 is 1.89 bits per heavy atom. The molecule has 2 N–H and O–H groups in total. The Morgan fingerprint density at radius 1 is 1.22 bits per heavy atom. The maximum Gasteiger partial charge on any atom is 0.191 e. The number of hydrogen-bond donors (Lipinski definition) is 2. The number of nitrogens with one attached hydrogen (secondary N) is 2. The van der Waals surface area contributed by atoms with E-state index in [9.17, 15) is 0 Å². The summed E-state index contributed by atoms with van der Waals surface area (Å²) in [5.74, 6) is 2.38. The van der Waals surface area contributed by atoms with Gasteiger partial charge in [-0.1, -0.05) is 32.5 Å². The molecule has 0 aliphatic carbocycles. The molecule has 0 saturated carbocycles. The third-order valence-electron chi connectivity index (χ3n) is 2.82. The highest BCUT2D eigenvalue weighted by Crippen LogP contribution is 2.20. The molecule has 0 amide bonds. The van der Waals surface area contributed by atoms with E-state index in [0.717, 1.165) is 29.8 Å². The molecule has 1 heterocycles. The van der Waals surface area contributed by atoms with Crippen LogP contribution < -0.4 is 10.6 Å². The average Bonchev–Trinajstić information content (AvgIpc) is 2.35. The predicted molar refractivity (Wildman–Crippen MR) is 80.5 cm³/mol. The fourth-order valence-electron chi connectivity index (χ4n) is 1.79. The van der Waals surface area contributed by atoms with Gasteiger partial charge >= 0.3 is 0 Å². The van der Waals surface area contributed by atoms with Crippen molar-refractivity contribution in [1.29, 1.82) is 0 Å². The number of hydrogen-bond acceptors (Lipinski definition) is 5. The molecule has 0 fully saturated rings. The molecule has 0 saturated heterocycles. The molecular weight excluding hydrogens is 244 g/mol. The van der Waals surface area contributed by atoms with E-state index in [4.69, 9.17) is 0 Å². The Kier molecular flexibility index (Phi) is 6.25. The van der Waals surface area contributed by atoms with Crippen LogP contribution in [0.1, 0.15) is 34.1 Å². The quantitative estimate of drug-likeness (QED) is 0.586. The van der Waals surface area contributed by atoms with E-state index >= 15 is 0 Å². The smallest absolute Gasteiger partial charge is 0.191 e. The second-order valence-corrected chi connectivity index (χ2v) is 5.33. The van der Waals surface area contributed by atoms with Crippen LogP contribution in [0.5, 0.6) is 0 Å². The van der Waals surface area contributed by atoms with Gasteiger partial charge in [0.05, 0.1) is 0 Å². The molecule has 5 heteroatoms. The molecule has 0 spiro atoms. The molecule has 0 bridgehead atoms. The van der Waals surface area contributed by atoms with Crippen molar-refractivity contribution in [3.05, 3.63) is 6.07 Å². The summed E-state index contributed by atoms with van der Waals surface area (Å²) in [6.07, 6.45) is 3.08. The minimum absolute atomic E-state index is 0.448. The SMILES string of the molecule is CCNc1cc(NC(CC)C(C)C)nc(SC)n1. The third-order valence-corrected chi connectivity index (χ3v) is 3.37. The summed E-state index contributed by atoms with van der Waals surface area (Å²) in [6.45, 7) is 9.58. The third kappa shape index (κ3) is 4.37. The normalized spacial score (nSPS) is 12.6. The van der Waals surface area contributed by atoms with E-state index in [1.165, 1.54) is 0 Å². The van der Waals surface area contributed by atoms with Crippen LogP contribution in [-0.2, 0) is 0 Å². The van der Waals surface area contributed by atoms with Gasteiger partial charge in [0.2, 0.25) is 0 Å². The van der Waals surface area contributed by atoms with Crippen LogP contribution in [-0.4, -0.2) is 28.8 Å². The summed E-state index contributed by atoms with van der Waals surface area (Å²) in [5, 5.41) is 7.54. The van der Waals surface area contributed by atoms with Gasteiger partial charge in [-0.3, -0.25) is 0 Å². The molecule has 18 heavy (non-hydrogen) atoms. The summed E-state index contributed by atoms with van der Waals surface area (Å²) >= 11 is 1.56. The molecule has 1 atom stereocenters. The van der Waals surface area contributed by atoms with Crippen LogP contribution in [0.25, 0.3) is 0 Å². The van der Waals surface area contributed by atoms with Gasteiger partial charge in [0.25, 0.3) is 0 Å². The van der Waals surface area contributed by atoms with Gasteiger partial charge in [-0.15, -0.1) is 0 Å². The Balaban J connectivity index is 2.89. The molecule has 0 radical (unpaired) electrons. The van der Waals surface area contributed by atoms with Crippen molar-refractivity contribution in [2.75, 3.05) is 23.4 Å². The number of aromatic nitrogens is 2. The summed E-state index contributed by atoms with van der Waals surface area (Å²) in [6, 6.07) is 2.43. The van der Waals surface area contributed by atoms with Crippen molar-refractivity contribution >= 4 is 23.4 Å². The van der Waals surface area contributed by atoms with Gasteiger partial charge < -0.3 is 10.6 Å². The fraction of sp³-hybridized carbons (Fsp3) is 0.692. The standard InChI is InChI=1S/C13H24N4S/c1-6-10(9(3)4)15-12-8-11(14-7-2)16-13(17-12)18-5/h8-10H,6-7H2,1-5H3,(H2,14,15,16,17). The lowest BCUT2D eigenvalue weighted by molar-refractivity contribution is 0.509. The topological polar surface area (TPSA) is 49.8 Å². The first-order valence-corrected chi connectivity index (χ1v) is 7.76. The Hall–Kier alpha value is -0.970. The van der Waals surface area contributed by atoms with E-state index < -0.39 is 0 Å². The average molecular weight is 268 g/mol. The molecular formula is C13H24N4S. The molecule has 1 aromatic rings. The molecule has 4 nitrogen and oxygen atoms in total. The minimum atomic E-state index is 0.448. The van der Waals surface area contributed by atoms with Crippen molar-refractivity contribution < 1.29 is 0 Å². The van der Waals surface area contributed by atoms with Crippen LogP contribution in [0.4, 0.5) is 11.6 Å². The highest BCUT2D eigenvalue weighted by molar-refractivity contribution is 7.98. The highest BCUT2D eigenvalue weighted by Gasteiger charge is 2.12. The molecule has 0 aromatic carbocycles. The van der Waals surface area contributed by atoms with Crippen molar-refractivity contribution in [1.82, 2.24) is 9.97 Å². The van der Waals surface area contributed by atoms with Crippen LogP contribution >= 0.6 is 11.8 Å². The van der Waals surface area contributed by atoms with Crippen molar-refractivity contribution in [2.45, 2.75) is 45.3 Å². The van der Waals surface area contributed by atoms with E-state index in [-0.39, 0.29) is 0 Å². The van der Waals surface area contributed by atoms with Gasteiger partial charge in [0, 0.05) is 18.7 Å². The monoisotopic (exact) mass is 268 g/mol. The number of rotatable bonds is 7. The maximum absolute atomic E-state index is 4.51. The molecule has 102 valence electrons. The summed E-state index contributed by atoms with van der Waals surface area (Å²) < 4.78 is 0. The molecule has 0 aliphatic rings. The van der Waals surface area contributed by atoms with Gasteiger partial charge in [-0.25, -0.2) is 9.97 Å². The zero-order valence-electron chi connectivity index (χ0n) is 11.9. The Bertz CT molecular complexity index is 368. The van der Waals surface area contributed by atoms with Crippen LogP contribution in [0.15, 0.2) is 11.2 Å². The van der Waals surface area contributed by atoms with Gasteiger partial charge in [0.15, 0.2) is 5.16 Å². The number of anilines is 2. The second kappa shape index (κ2) is 7.46. The predicted octanol–water partition coefficient (Wildman–Crippen LogP) is 3.48. The van der Waals surface area contributed by atoms with E-state index in [1.54, 1.807) is 11.8 Å². The van der Waals surface area contributed by atoms with Gasteiger partial charge in [0.1, 0.15) is 11.6 Å². The van der Waals surface area contributed by atoms with Crippen LogP contribution in [0.3, 0.4) is 0 Å². The first-order valence-electron chi connectivity index (χ1n) is 6.54. The van der Waals surface area contributed by atoms with Crippen molar-refractivity contribution in [3.8, 4) is 0 Å². The molecule has 1 aromatic heterocycles. The molecule has 1 rings (SSSR count). The van der Waals surface area contributed by atoms with E-state index in [1.807, 2.05) is 12.3 Å². The molecule has 1 unspecified atom stereocenters. The van der Waals surface area contributed by atoms with Crippen molar-refractivity contribution in [3.63, 3.8) is 0 Å². The maximum atomic E-state index is 4.51. The minimum Gasteiger partial charge on any atom is -0.370 e. The van der Waals surface area contributed by atoms with Gasteiger partial charge in [-0.2, -0.15) is 0 Å².